The number of nitrogens with zero attached hydrogens (tertiary/aromatic N) is 3. The number of oxazole rings is 1. The quantitative estimate of drug-likeness (QED) is 0.532. The number of anilines is 1. The van der Waals surface area contributed by atoms with E-state index in [-0.39, 0.29) is 17.4 Å². The van der Waals surface area contributed by atoms with E-state index in [0.29, 0.717) is 17.7 Å². The van der Waals surface area contributed by atoms with Crippen LogP contribution < -0.4 is 10.2 Å². The number of hydrogen-bond acceptors (Lipinski definition) is 7. The summed E-state index contributed by atoms with van der Waals surface area (Å²) in [7, 11) is 1.27. The number of carbonyl (C=O) groups excluding carboxylic acids is 2. The van der Waals surface area contributed by atoms with Crippen molar-refractivity contribution in [3.63, 3.8) is 0 Å². The van der Waals surface area contributed by atoms with E-state index in [4.69, 9.17) is 20.8 Å². The molecule has 1 amide bonds. The molecule has 1 aliphatic rings. The molecule has 8 nitrogen and oxygen atoms in total. The van der Waals surface area contributed by atoms with Crippen molar-refractivity contribution in [2.24, 2.45) is 0 Å². The topological polar surface area (TPSA) is 87.9 Å². The maximum Gasteiger partial charge on any atom is 0.360 e. The second-order valence-corrected chi connectivity index (χ2v) is 8.07. The Bertz CT molecular complexity index is 1120. The highest BCUT2D eigenvalue weighted by molar-refractivity contribution is 6.30. The minimum Gasteiger partial charge on any atom is -0.464 e. The van der Waals surface area contributed by atoms with Gasteiger partial charge in [-0.25, -0.2) is 9.78 Å². The third-order valence-corrected chi connectivity index (χ3v) is 5.86. The van der Waals surface area contributed by atoms with Crippen LogP contribution in [0.3, 0.4) is 0 Å². The first kappa shape index (κ1) is 22.8. The van der Waals surface area contributed by atoms with E-state index in [9.17, 15) is 9.59 Å². The lowest BCUT2D eigenvalue weighted by atomic mass is 10.0. The van der Waals surface area contributed by atoms with E-state index in [2.05, 4.69) is 26.2 Å². The van der Waals surface area contributed by atoms with Crippen LogP contribution in [0.5, 0.6) is 0 Å². The summed E-state index contributed by atoms with van der Waals surface area (Å²) in [5, 5.41) is 3.71. The number of aromatic nitrogens is 1. The van der Waals surface area contributed by atoms with E-state index < -0.39 is 5.97 Å². The lowest BCUT2D eigenvalue weighted by Crippen LogP contribution is -2.48. The van der Waals surface area contributed by atoms with Crippen molar-refractivity contribution in [3.05, 3.63) is 71.2 Å². The largest absolute Gasteiger partial charge is 0.464 e. The highest BCUT2D eigenvalue weighted by atomic mass is 35.5. The van der Waals surface area contributed by atoms with Gasteiger partial charge in [-0.1, -0.05) is 35.9 Å². The zero-order valence-electron chi connectivity index (χ0n) is 18.3. The standard InChI is InChI=1S/C24H25ClN4O4/c1-32-24(31)21-22(33-16-27-21)19-7-2-3-8-20(19)23(30)26-9-10-28-11-13-29(14-12-28)18-6-4-5-17(25)15-18/h2-8,15-16H,9-14H2,1H3,(H,26,30). The van der Waals surface area contributed by atoms with Gasteiger partial charge in [0.25, 0.3) is 5.91 Å². The van der Waals surface area contributed by atoms with Crippen molar-refractivity contribution in [2.45, 2.75) is 0 Å². The summed E-state index contributed by atoms with van der Waals surface area (Å²) in [5.41, 5.74) is 2.06. The molecule has 2 aromatic carbocycles. The Morgan fingerprint density at radius 3 is 2.67 bits per heavy atom. The van der Waals surface area contributed by atoms with E-state index in [1.165, 1.54) is 13.5 Å². The molecule has 0 atom stereocenters. The lowest BCUT2D eigenvalue weighted by molar-refractivity contribution is 0.0595. The Kier molecular flexibility index (Phi) is 7.26. The van der Waals surface area contributed by atoms with Crippen LogP contribution >= 0.6 is 11.6 Å². The van der Waals surface area contributed by atoms with Crippen LogP contribution in [0.4, 0.5) is 5.69 Å². The molecule has 0 bridgehead atoms. The van der Waals surface area contributed by atoms with Gasteiger partial charge < -0.3 is 19.4 Å². The molecule has 3 aromatic rings. The van der Waals surface area contributed by atoms with E-state index in [1.807, 2.05) is 18.2 Å². The highest BCUT2D eigenvalue weighted by Crippen LogP contribution is 2.27. The Morgan fingerprint density at radius 2 is 1.91 bits per heavy atom. The van der Waals surface area contributed by atoms with Gasteiger partial charge in [0.1, 0.15) is 0 Å². The first-order valence-electron chi connectivity index (χ1n) is 10.7. The third kappa shape index (κ3) is 5.35. The molecule has 1 fully saturated rings. The molecule has 0 unspecified atom stereocenters. The summed E-state index contributed by atoms with van der Waals surface area (Å²) < 4.78 is 10.2. The number of ether oxygens (including phenoxy) is 1. The molecule has 4 rings (SSSR count). The summed E-state index contributed by atoms with van der Waals surface area (Å²) in [6.07, 6.45) is 1.17. The van der Waals surface area contributed by atoms with Crippen LogP contribution in [0.15, 0.2) is 59.3 Å². The maximum atomic E-state index is 12.9. The van der Waals surface area contributed by atoms with Crippen LogP contribution in [0.25, 0.3) is 11.3 Å². The van der Waals surface area contributed by atoms with Gasteiger partial charge in [-0.3, -0.25) is 9.69 Å². The SMILES string of the molecule is COC(=O)c1ncoc1-c1ccccc1C(=O)NCCN1CCN(c2cccc(Cl)c2)CC1. The molecule has 172 valence electrons. The average Bonchev–Trinajstić information content (AvgIpc) is 3.34. The fourth-order valence-electron chi connectivity index (χ4n) is 3.88. The van der Waals surface area contributed by atoms with Crippen molar-refractivity contribution in [2.75, 3.05) is 51.3 Å². The number of rotatable bonds is 7. The summed E-state index contributed by atoms with van der Waals surface area (Å²) in [6, 6.07) is 14.8. The first-order chi connectivity index (χ1) is 16.1. The number of carbonyl (C=O) groups is 2. The van der Waals surface area contributed by atoms with Gasteiger partial charge in [0.2, 0.25) is 0 Å². The molecule has 9 heteroatoms. The molecule has 0 radical (unpaired) electrons. The Hall–Kier alpha value is -3.36. The predicted octanol–water partition coefficient (Wildman–Crippen LogP) is 3.33. The van der Waals surface area contributed by atoms with Gasteiger partial charge in [0.05, 0.1) is 12.7 Å². The highest BCUT2D eigenvalue weighted by Gasteiger charge is 2.23. The zero-order valence-corrected chi connectivity index (χ0v) is 19.0. The number of piperazine rings is 1. The van der Waals surface area contributed by atoms with E-state index >= 15 is 0 Å². The lowest BCUT2D eigenvalue weighted by Gasteiger charge is -2.36. The molecule has 0 spiro atoms. The molecule has 1 N–H and O–H groups in total. The van der Waals surface area contributed by atoms with Gasteiger partial charge >= 0.3 is 5.97 Å². The smallest absolute Gasteiger partial charge is 0.360 e. The van der Waals surface area contributed by atoms with Gasteiger partial charge in [0, 0.05) is 55.5 Å². The first-order valence-corrected chi connectivity index (χ1v) is 11.1. The summed E-state index contributed by atoms with van der Waals surface area (Å²) in [4.78, 5) is 33.4. The van der Waals surface area contributed by atoms with Crippen molar-refractivity contribution in [1.82, 2.24) is 15.2 Å². The van der Waals surface area contributed by atoms with Crippen molar-refractivity contribution in [1.29, 1.82) is 0 Å². The molecule has 1 aromatic heterocycles. The Morgan fingerprint density at radius 1 is 1.12 bits per heavy atom. The summed E-state index contributed by atoms with van der Waals surface area (Å²) in [6.45, 7) is 4.86. The van der Waals surface area contributed by atoms with Crippen LogP contribution in [-0.2, 0) is 4.74 Å². The third-order valence-electron chi connectivity index (χ3n) is 5.62. The molecule has 33 heavy (non-hydrogen) atoms. The Balaban J connectivity index is 1.33. The molecular formula is C24H25ClN4O4. The number of benzene rings is 2. The average molecular weight is 469 g/mol. The second kappa shape index (κ2) is 10.5. The van der Waals surface area contributed by atoms with Crippen molar-refractivity contribution < 1.29 is 18.7 Å². The summed E-state index contributed by atoms with van der Waals surface area (Å²) >= 11 is 6.11. The number of hydrogen-bond donors (Lipinski definition) is 1. The summed E-state index contributed by atoms with van der Waals surface area (Å²) in [5.74, 6) is -0.647. The number of nitrogens with one attached hydrogen (secondary N) is 1. The minimum atomic E-state index is -0.620. The molecule has 0 saturated carbocycles. The number of amides is 1. The van der Waals surface area contributed by atoms with Crippen molar-refractivity contribution >= 4 is 29.2 Å². The number of methoxy groups -OCH3 is 1. The van der Waals surface area contributed by atoms with E-state index in [1.54, 1.807) is 24.3 Å². The number of esters is 1. The molecule has 1 saturated heterocycles. The fraction of sp³-hybridized carbons (Fsp3) is 0.292. The Labute approximate surface area is 197 Å². The van der Waals surface area contributed by atoms with Gasteiger partial charge in [-0.15, -0.1) is 0 Å². The zero-order chi connectivity index (χ0) is 23.2. The van der Waals surface area contributed by atoms with Crippen LogP contribution in [-0.4, -0.2) is 68.1 Å². The van der Waals surface area contributed by atoms with Gasteiger partial charge in [-0.2, -0.15) is 0 Å². The maximum absolute atomic E-state index is 12.9. The minimum absolute atomic E-state index is 0.0373. The molecular weight excluding hydrogens is 444 g/mol. The normalized spacial score (nSPS) is 14.2. The van der Waals surface area contributed by atoms with Gasteiger partial charge in [0.15, 0.2) is 17.8 Å². The van der Waals surface area contributed by atoms with Gasteiger partial charge in [-0.05, 0) is 24.3 Å². The van der Waals surface area contributed by atoms with Crippen molar-refractivity contribution in [3.8, 4) is 11.3 Å². The molecule has 2 heterocycles. The molecule has 0 aliphatic carbocycles. The van der Waals surface area contributed by atoms with Crippen LogP contribution in [0.2, 0.25) is 5.02 Å². The second-order valence-electron chi connectivity index (χ2n) is 7.63. The van der Waals surface area contributed by atoms with Crippen LogP contribution in [0, 0.1) is 0 Å². The molecule has 1 aliphatic heterocycles. The van der Waals surface area contributed by atoms with E-state index in [0.717, 1.165) is 43.4 Å². The number of halogens is 1. The fourth-order valence-corrected chi connectivity index (χ4v) is 4.07. The monoisotopic (exact) mass is 468 g/mol. The van der Waals surface area contributed by atoms with Crippen LogP contribution in [0.1, 0.15) is 20.8 Å². The predicted molar refractivity (Wildman–Crippen MR) is 126 cm³/mol.